The van der Waals surface area contributed by atoms with E-state index in [2.05, 4.69) is 10.3 Å². The first-order valence-corrected chi connectivity index (χ1v) is 10.3. The molecule has 2 aromatic heterocycles. The van der Waals surface area contributed by atoms with Crippen LogP contribution in [-0.2, 0) is 6.42 Å². The molecule has 0 aliphatic heterocycles. The van der Waals surface area contributed by atoms with Gasteiger partial charge in [-0.1, -0.05) is 19.4 Å². The van der Waals surface area contributed by atoms with Gasteiger partial charge < -0.3 is 14.8 Å². The molecule has 4 aromatic rings. The smallest absolute Gasteiger partial charge is 0.338 e. The number of rotatable bonds is 6. The molecule has 2 aromatic carbocycles. The fraction of sp³-hybridized carbons (Fsp3) is 0.160. The molecule has 2 heterocycles. The number of benzene rings is 2. The van der Waals surface area contributed by atoms with Crippen molar-refractivity contribution < 1.29 is 27.9 Å². The van der Waals surface area contributed by atoms with Gasteiger partial charge in [0.1, 0.15) is 17.4 Å². The summed E-state index contributed by atoms with van der Waals surface area (Å²) < 4.78 is 33.4. The molecule has 0 unspecified atom stereocenters. The molecule has 0 radical (unpaired) electrons. The number of halogens is 2. The van der Waals surface area contributed by atoms with Crippen molar-refractivity contribution in [3.8, 4) is 22.5 Å². The van der Waals surface area contributed by atoms with E-state index in [0.29, 0.717) is 34.2 Å². The second-order valence-electron chi connectivity index (χ2n) is 7.48. The molecule has 0 spiro atoms. The van der Waals surface area contributed by atoms with Gasteiger partial charge in [0.2, 0.25) is 5.71 Å². The number of hydrogen-bond acceptors (Lipinski definition) is 4. The Hall–Kier alpha value is -4.07. The molecule has 0 saturated heterocycles. The minimum Gasteiger partial charge on any atom is -0.478 e. The van der Waals surface area contributed by atoms with Crippen molar-refractivity contribution in [3.63, 3.8) is 0 Å². The van der Waals surface area contributed by atoms with Crippen LogP contribution >= 0.6 is 0 Å². The molecule has 0 fully saturated rings. The zero-order valence-electron chi connectivity index (χ0n) is 17.9. The van der Waals surface area contributed by atoms with Gasteiger partial charge in [0.05, 0.1) is 22.2 Å². The van der Waals surface area contributed by atoms with E-state index < -0.39 is 29.1 Å². The number of aryl methyl sites for hydroxylation is 1. The van der Waals surface area contributed by atoms with Crippen LogP contribution in [0.2, 0.25) is 0 Å². The van der Waals surface area contributed by atoms with Crippen LogP contribution in [0.25, 0.3) is 33.6 Å². The third kappa shape index (κ3) is 4.07. The zero-order valence-corrected chi connectivity index (χ0v) is 17.9. The predicted octanol–water partition coefficient (Wildman–Crippen LogP) is 5.45. The number of aromatic nitrogens is 1. The average molecular weight is 450 g/mol. The Labute approximate surface area is 187 Å². The van der Waals surface area contributed by atoms with Crippen molar-refractivity contribution in [1.29, 1.82) is 0 Å². The van der Waals surface area contributed by atoms with E-state index in [-0.39, 0.29) is 17.0 Å². The highest BCUT2D eigenvalue weighted by molar-refractivity contribution is 6.11. The van der Waals surface area contributed by atoms with Crippen LogP contribution in [0.4, 0.5) is 8.78 Å². The van der Waals surface area contributed by atoms with Gasteiger partial charge in [0.25, 0.3) is 5.91 Å². The van der Waals surface area contributed by atoms with E-state index in [9.17, 15) is 23.5 Å². The molecule has 1 amide bonds. The maximum Gasteiger partial charge on any atom is 0.338 e. The Bertz CT molecular complexity index is 1380. The molecule has 33 heavy (non-hydrogen) atoms. The summed E-state index contributed by atoms with van der Waals surface area (Å²) in [5.74, 6) is -2.83. The lowest BCUT2D eigenvalue weighted by Crippen LogP contribution is -2.18. The molecular formula is C25H20F2N2O4. The molecule has 2 N–H and O–H groups in total. The number of carboxylic acid groups (broad SMARTS) is 1. The highest BCUT2D eigenvalue weighted by Crippen LogP contribution is 2.37. The fourth-order valence-corrected chi connectivity index (χ4v) is 3.75. The molecule has 0 aliphatic rings. The Morgan fingerprint density at radius 3 is 2.39 bits per heavy atom. The summed E-state index contributed by atoms with van der Waals surface area (Å²) in [6.45, 7) is 1.96. The van der Waals surface area contributed by atoms with Crippen LogP contribution in [-0.4, -0.2) is 29.0 Å². The maximum absolute atomic E-state index is 14.0. The molecule has 0 bridgehead atoms. The van der Waals surface area contributed by atoms with E-state index in [1.165, 1.54) is 43.4 Å². The highest BCUT2D eigenvalue weighted by Gasteiger charge is 2.24. The van der Waals surface area contributed by atoms with Crippen molar-refractivity contribution in [2.24, 2.45) is 0 Å². The Kier molecular flexibility index (Phi) is 5.91. The molecule has 0 saturated carbocycles. The standard InChI is InChI=1S/C25H20F2N2O4/c1-3-4-20-16(14-7-10-19(27)17(11-14)25(31)32)12-18-21(23(30)28-2)22(33-24(18)29-20)13-5-8-15(26)9-6-13/h5-12H,3-4H2,1-2H3,(H,28,30)(H,31,32). The van der Waals surface area contributed by atoms with Crippen LogP contribution in [0.3, 0.4) is 0 Å². The number of hydrogen-bond donors (Lipinski definition) is 2. The van der Waals surface area contributed by atoms with E-state index in [1.54, 1.807) is 6.07 Å². The topological polar surface area (TPSA) is 92.4 Å². The maximum atomic E-state index is 14.0. The number of amides is 1. The number of fused-ring (bicyclic) bond motifs is 1. The SMILES string of the molecule is CCCc1nc2oc(-c3ccc(F)cc3)c(C(=O)NC)c2cc1-c1ccc(F)c(C(=O)O)c1. The second-order valence-corrected chi connectivity index (χ2v) is 7.48. The monoisotopic (exact) mass is 450 g/mol. The van der Waals surface area contributed by atoms with Gasteiger partial charge in [0.15, 0.2) is 0 Å². The first-order valence-electron chi connectivity index (χ1n) is 10.3. The van der Waals surface area contributed by atoms with Gasteiger partial charge in [-0.25, -0.2) is 18.6 Å². The van der Waals surface area contributed by atoms with E-state index in [4.69, 9.17) is 4.42 Å². The molecule has 8 heteroatoms. The summed E-state index contributed by atoms with van der Waals surface area (Å²) in [5.41, 5.74) is 2.14. The normalized spacial score (nSPS) is 11.0. The van der Waals surface area contributed by atoms with Crippen molar-refractivity contribution in [1.82, 2.24) is 10.3 Å². The lowest BCUT2D eigenvalue weighted by atomic mass is 9.97. The molecule has 0 aliphatic carbocycles. The van der Waals surface area contributed by atoms with E-state index in [1.807, 2.05) is 6.92 Å². The van der Waals surface area contributed by atoms with Gasteiger partial charge in [0, 0.05) is 18.2 Å². The lowest BCUT2D eigenvalue weighted by Gasteiger charge is -2.10. The largest absolute Gasteiger partial charge is 0.478 e. The third-order valence-electron chi connectivity index (χ3n) is 5.32. The van der Waals surface area contributed by atoms with Gasteiger partial charge in [-0.2, -0.15) is 0 Å². The van der Waals surface area contributed by atoms with E-state index in [0.717, 1.165) is 12.5 Å². The number of carbonyl (C=O) groups is 2. The van der Waals surface area contributed by atoms with Crippen LogP contribution in [0.1, 0.15) is 39.8 Å². The molecule has 4 rings (SSSR count). The van der Waals surface area contributed by atoms with Crippen LogP contribution < -0.4 is 5.32 Å². The molecule has 0 atom stereocenters. The summed E-state index contributed by atoms with van der Waals surface area (Å²) >= 11 is 0. The Morgan fingerprint density at radius 2 is 1.76 bits per heavy atom. The number of aromatic carboxylic acids is 1. The quantitative estimate of drug-likeness (QED) is 0.408. The predicted molar refractivity (Wildman–Crippen MR) is 119 cm³/mol. The first kappa shape index (κ1) is 22.1. The van der Waals surface area contributed by atoms with Crippen molar-refractivity contribution in [3.05, 3.63) is 77.0 Å². The number of furan rings is 1. The van der Waals surface area contributed by atoms with Crippen molar-refractivity contribution >= 4 is 23.0 Å². The second kappa shape index (κ2) is 8.82. The number of carboxylic acids is 1. The highest BCUT2D eigenvalue weighted by atomic mass is 19.1. The summed E-state index contributed by atoms with van der Waals surface area (Å²) in [4.78, 5) is 28.9. The number of nitrogens with zero attached hydrogens (tertiary/aromatic N) is 1. The van der Waals surface area contributed by atoms with Crippen LogP contribution in [0.5, 0.6) is 0 Å². The van der Waals surface area contributed by atoms with Crippen LogP contribution in [0, 0.1) is 11.6 Å². The number of carbonyl (C=O) groups excluding carboxylic acids is 1. The molecular weight excluding hydrogens is 430 g/mol. The zero-order chi connectivity index (χ0) is 23.7. The van der Waals surface area contributed by atoms with Gasteiger partial charge in [-0.05, 0) is 54.4 Å². The fourth-order valence-electron chi connectivity index (χ4n) is 3.75. The van der Waals surface area contributed by atoms with Crippen molar-refractivity contribution in [2.75, 3.05) is 7.05 Å². The van der Waals surface area contributed by atoms with Crippen molar-refractivity contribution in [2.45, 2.75) is 19.8 Å². The molecule has 168 valence electrons. The summed E-state index contributed by atoms with van der Waals surface area (Å²) in [6.07, 6.45) is 1.29. The van der Waals surface area contributed by atoms with E-state index >= 15 is 0 Å². The summed E-state index contributed by atoms with van der Waals surface area (Å²) in [5, 5.41) is 12.3. The lowest BCUT2D eigenvalue weighted by molar-refractivity contribution is 0.0691. The van der Waals surface area contributed by atoms with Gasteiger partial charge in [-0.3, -0.25) is 4.79 Å². The summed E-state index contributed by atoms with van der Waals surface area (Å²) in [7, 11) is 1.48. The average Bonchev–Trinajstić information content (AvgIpc) is 3.17. The number of nitrogens with one attached hydrogen (secondary N) is 1. The minimum atomic E-state index is -1.38. The number of pyridine rings is 1. The van der Waals surface area contributed by atoms with Crippen LogP contribution in [0.15, 0.2) is 52.9 Å². The third-order valence-corrected chi connectivity index (χ3v) is 5.32. The molecule has 6 nitrogen and oxygen atoms in total. The Balaban J connectivity index is 2.01. The van der Waals surface area contributed by atoms with Gasteiger partial charge in [-0.15, -0.1) is 0 Å². The first-order chi connectivity index (χ1) is 15.8. The minimum absolute atomic E-state index is 0.219. The summed E-state index contributed by atoms with van der Waals surface area (Å²) in [6, 6.07) is 11.1. The van der Waals surface area contributed by atoms with Gasteiger partial charge >= 0.3 is 5.97 Å². The Morgan fingerprint density at radius 1 is 1.06 bits per heavy atom.